The number of aromatic amines is 1. The average Bonchev–Trinajstić information content (AvgIpc) is 3.02. The number of nitrogens with one attached hydrogen (secondary N) is 1. The molecule has 112 valence electrons. The third-order valence-corrected chi connectivity index (χ3v) is 4.05. The van der Waals surface area contributed by atoms with Gasteiger partial charge in [0, 0.05) is 38.6 Å². The van der Waals surface area contributed by atoms with Crippen molar-refractivity contribution in [2.75, 3.05) is 36.0 Å². The Labute approximate surface area is 129 Å². The standard InChI is InChI=1S/C13H14BrF2N5/c14-9-1-2-10(11(15)16)19-12(9)20-5-7-21(8-6-20)13-17-3-4-18-13/h1-4,11H,5-8H2,(H,17,18). The Hall–Kier alpha value is -1.70. The highest BCUT2D eigenvalue weighted by Gasteiger charge is 2.22. The smallest absolute Gasteiger partial charge is 0.280 e. The van der Waals surface area contributed by atoms with E-state index in [1.807, 2.05) is 4.90 Å². The number of alkyl halides is 2. The number of hydrogen-bond donors (Lipinski definition) is 1. The number of hydrogen-bond acceptors (Lipinski definition) is 4. The van der Waals surface area contributed by atoms with E-state index in [9.17, 15) is 8.78 Å². The molecule has 1 N–H and O–H groups in total. The molecule has 0 spiro atoms. The van der Waals surface area contributed by atoms with Crippen molar-refractivity contribution in [1.82, 2.24) is 15.0 Å². The summed E-state index contributed by atoms with van der Waals surface area (Å²) in [5.41, 5.74) is -0.193. The molecule has 0 atom stereocenters. The molecule has 3 heterocycles. The monoisotopic (exact) mass is 357 g/mol. The fraction of sp³-hybridized carbons (Fsp3) is 0.385. The van der Waals surface area contributed by atoms with Gasteiger partial charge < -0.3 is 14.8 Å². The quantitative estimate of drug-likeness (QED) is 0.917. The number of pyridine rings is 1. The van der Waals surface area contributed by atoms with Crippen LogP contribution in [0.5, 0.6) is 0 Å². The van der Waals surface area contributed by atoms with Crippen molar-refractivity contribution in [3.63, 3.8) is 0 Å². The highest BCUT2D eigenvalue weighted by molar-refractivity contribution is 9.10. The van der Waals surface area contributed by atoms with Crippen LogP contribution in [0.4, 0.5) is 20.5 Å². The number of piperazine rings is 1. The topological polar surface area (TPSA) is 48.0 Å². The molecule has 0 amide bonds. The first kappa shape index (κ1) is 14.2. The van der Waals surface area contributed by atoms with Gasteiger partial charge in [0.2, 0.25) is 5.95 Å². The van der Waals surface area contributed by atoms with Gasteiger partial charge in [0.15, 0.2) is 0 Å². The van der Waals surface area contributed by atoms with Crippen LogP contribution in [0.15, 0.2) is 29.0 Å². The molecule has 0 radical (unpaired) electrons. The maximum atomic E-state index is 12.8. The lowest BCUT2D eigenvalue weighted by Gasteiger charge is -2.35. The molecule has 8 heteroatoms. The molecule has 3 rings (SSSR count). The van der Waals surface area contributed by atoms with E-state index in [1.165, 1.54) is 6.07 Å². The zero-order valence-electron chi connectivity index (χ0n) is 11.1. The summed E-state index contributed by atoms with van der Waals surface area (Å²) >= 11 is 3.39. The molecule has 0 aromatic carbocycles. The van der Waals surface area contributed by atoms with E-state index in [0.29, 0.717) is 18.9 Å². The second-order valence-electron chi connectivity index (χ2n) is 4.73. The predicted molar refractivity (Wildman–Crippen MR) is 79.9 cm³/mol. The Kier molecular flexibility index (Phi) is 4.05. The lowest BCUT2D eigenvalue weighted by molar-refractivity contribution is 0.146. The molecule has 0 saturated carbocycles. The minimum Gasteiger partial charge on any atom is -0.352 e. The number of H-pyrrole nitrogens is 1. The number of imidazole rings is 1. The van der Waals surface area contributed by atoms with E-state index < -0.39 is 6.43 Å². The minimum atomic E-state index is -2.55. The summed E-state index contributed by atoms with van der Waals surface area (Å²) in [6, 6.07) is 2.97. The van der Waals surface area contributed by atoms with Crippen molar-refractivity contribution >= 4 is 27.7 Å². The molecule has 0 aliphatic carbocycles. The summed E-state index contributed by atoms with van der Waals surface area (Å²) < 4.78 is 26.3. The zero-order chi connectivity index (χ0) is 14.8. The number of aromatic nitrogens is 3. The van der Waals surface area contributed by atoms with Crippen molar-refractivity contribution in [2.45, 2.75) is 6.43 Å². The first-order valence-electron chi connectivity index (χ1n) is 6.59. The summed E-state index contributed by atoms with van der Waals surface area (Å²) in [5.74, 6) is 1.41. The molecule has 21 heavy (non-hydrogen) atoms. The molecule has 2 aromatic heterocycles. The van der Waals surface area contributed by atoms with Crippen molar-refractivity contribution in [1.29, 1.82) is 0 Å². The lowest BCUT2D eigenvalue weighted by atomic mass is 10.3. The normalized spacial score (nSPS) is 15.8. The Morgan fingerprint density at radius 3 is 2.48 bits per heavy atom. The molecule has 0 unspecified atom stereocenters. The van der Waals surface area contributed by atoms with Gasteiger partial charge in [0.05, 0.1) is 4.47 Å². The summed E-state index contributed by atoms with van der Waals surface area (Å²) in [6.07, 6.45) is 0.944. The van der Waals surface area contributed by atoms with E-state index in [4.69, 9.17) is 0 Å². The summed E-state index contributed by atoms with van der Waals surface area (Å²) in [5, 5.41) is 0. The zero-order valence-corrected chi connectivity index (χ0v) is 12.7. The van der Waals surface area contributed by atoms with Crippen LogP contribution < -0.4 is 9.80 Å². The van der Waals surface area contributed by atoms with E-state index >= 15 is 0 Å². The Morgan fingerprint density at radius 2 is 1.86 bits per heavy atom. The van der Waals surface area contributed by atoms with Gasteiger partial charge in [-0.15, -0.1) is 0 Å². The van der Waals surface area contributed by atoms with Crippen LogP contribution in [0, 0.1) is 0 Å². The van der Waals surface area contributed by atoms with Crippen LogP contribution in [0.3, 0.4) is 0 Å². The van der Waals surface area contributed by atoms with Gasteiger partial charge in [-0.1, -0.05) is 0 Å². The largest absolute Gasteiger partial charge is 0.352 e. The molecular formula is C13H14BrF2N5. The fourth-order valence-electron chi connectivity index (χ4n) is 2.35. The summed E-state index contributed by atoms with van der Waals surface area (Å²) in [4.78, 5) is 15.5. The molecule has 1 fully saturated rings. The number of anilines is 2. The maximum absolute atomic E-state index is 12.8. The highest BCUT2D eigenvalue weighted by atomic mass is 79.9. The second-order valence-corrected chi connectivity index (χ2v) is 5.58. The van der Waals surface area contributed by atoms with E-state index in [2.05, 4.69) is 35.8 Å². The fourth-order valence-corrected chi connectivity index (χ4v) is 2.82. The van der Waals surface area contributed by atoms with Crippen LogP contribution in [0.2, 0.25) is 0 Å². The van der Waals surface area contributed by atoms with Gasteiger partial charge in [-0.25, -0.2) is 18.7 Å². The number of rotatable bonds is 3. The van der Waals surface area contributed by atoms with Crippen molar-refractivity contribution in [2.24, 2.45) is 0 Å². The molecular weight excluding hydrogens is 344 g/mol. The van der Waals surface area contributed by atoms with E-state index in [1.54, 1.807) is 18.5 Å². The molecule has 2 aromatic rings. The van der Waals surface area contributed by atoms with Gasteiger partial charge in [-0.3, -0.25) is 0 Å². The number of nitrogens with zero attached hydrogens (tertiary/aromatic N) is 4. The maximum Gasteiger partial charge on any atom is 0.280 e. The SMILES string of the molecule is FC(F)c1ccc(Br)c(N2CCN(c3ncc[nH]3)CC2)n1. The molecule has 1 saturated heterocycles. The van der Waals surface area contributed by atoms with Crippen LogP contribution in [-0.2, 0) is 0 Å². The third kappa shape index (κ3) is 2.99. The molecule has 1 aliphatic heterocycles. The first-order valence-corrected chi connectivity index (χ1v) is 7.38. The van der Waals surface area contributed by atoms with Crippen LogP contribution in [0.25, 0.3) is 0 Å². The number of halogens is 3. The van der Waals surface area contributed by atoms with Crippen molar-refractivity contribution in [3.05, 3.63) is 34.7 Å². The van der Waals surface area contributed by atoms with Gasteiger partial charge in [-0.05, 0) is 28.1 Å². The summed E-state index contributed by atoms with van der Waals surface area (Å²) in [6.45, 7) is 2.94. The highest BCUT2D eigenvalue weighted by Crippen LogP contribution is 2.28. The Bertz CT molecular complexity index is 597. The van der Waals surface area contributed by atoms with Crippen molar-refractivity contribution < 1.29 is 8.78 Å². The summed E-state index contributed by atoms with van der Waals surface area (Å²) in [7, 11) is 0. The van der Waals surface area contributed by atoms with Crippen molar-refractivity contribution in [3.8, 4) is 0 Å². The lowest BCUT2D eigenvalue weighted by Crippen LogP contribution is -2.47. The third-order valence-electron chi connectivity index (χ3n) is 3.44. The molecule has 5 nitrogen and oxygen atoms in total. The molecule has 0 bridgehead atoms. The minimum absolute atomic E-state index is 0.193. The Morgan fingerprint density at radius 1 is 1.14 bits per heavy atom. The van der Waals surface area contributed by atoms with Crippen LogP contribution >= 0.6 is 15.9 Å². The first-order chi connectivity index (χ1) is 10.1. The van der Waals surface area contributed by atoms with Gasteiger partial charge >= 0.3 is 0 Å². The van der Waals surface area contributed by atoms with Gasteiger partial charge in [0.25, 0.3) is 6.43 Å². The van der Waals surface area contributed by atoms with E-state index in [-0.39, 0.29) is 5.69 Å². The van der Waals surface area contributed by atoms with Gasteiger partial charge in [-0.2, -0.15) is 0 Å². The second kappa shape index (κ2) is 5.97. The Balaban J connectivity index is 1.73. The predicted octanol–water partition coefficient (Wildman–Crippen LogP) is 2.83. The average molecular weight is 358 g/mol. The van der Waals surface area contributed by atoms with Crippen LogP contribution in [0.1, 0.15) is 12.1 Å². The van der Waals surface area contributed by atoms with Crippen LogP contribution in [-0.4, -0.2) is 41.1 Å². The van der Waals surface area contributed by atoms with Gasteiger partial charge in [0.1, 0.15) is 11.5 Å². The van der Waals surface area contributed by atoms with E-state index in [0.717, 1.165) is 23.5 Å². The molecule has 1 aliphatic rings.